The van der Waals surface area contributed by atoms with Gasteiger partial charge in [0.15, 0.2) is 5.82 Å². The Kier molecular flexibility index (Phi) is 8.97. The maximum Gasteiger partial charge on any atom is 0.410 e. The Morgan fingerprint density at radius 2 is 1.75 bits per heavy atom. The minimum Gasteiger partial charge on any atom is -0.444 e. The van der Waals surface area contributed by atoms with Gasteiger partial charge in [-0.25, -0.2) is 19.2 Å². The van der Waals surface area contributed by atoms with Crippen molar-refractivity contribution in [3.05, 3.63) is 59.3 Å². The van der Waals surface area contributed by atoms with E-state index in [1.807, 2.05) is 45.0 Å². The summed E-state index contributed by atoms with van der Waals surface area (Å²) in [7, 11) is -2.03. The molecule has 0 aliphatic carbocycles. The van der Waals surface area contributed by atoms with E-state index in [1.54, 1.807) is 17.2 Å². The predicted molar refractivity (Wildman–Crippen MR) is 196 cm³/mol. The van der Waals surface area contributed by atoms with Crippen LogP contribution < -0.4 is 4.90 Å². The SMILES string of the molecule is CC(C)[Si](C#Cc1cccc2cc(Cl)cc(-c3ncc4c(N5C[C@@H]6[C@H]5CCN6C(=O)OC(C)(C)C)ncnc4c3F)c12)(C(C)C)C(C)C. The first-order chi connectivity index (χ1) is 22.6. The van der Waals surface area contributed by atoms with E-state index in [9.17, 15) is 4.79 Å². The molecule has 2 fully saturated rings. The van der Waals surface area contributed by atoms with E-state index < -0.39 is 19.5 Å². The minimum atomic E-state index is -2.03. The molecule has 10 heteroatoms. The Hall–Kier alpha value is -3.74. The number of amides is 1. The van der Waals surface area contributed by atoms with E-state index in [0.29, 0.717) is 51.5 Å². The smallest absolute Gasteiger partial charge is 0.410 e. The first kappa shape index (κ1) is 34.1. The summed E-state index contributed by atoms with van der Waals surface area (Å²) in [6.45, 7) is 20.6. The van der Waals surface area contributed by atoms with Crippen molar-refractivity contribution in [2.24, 2.45) is 0 Å². The van der Waals surface area contributed by atoms with Crippen LogP contribution in [0.3, 0.4) is 0 Å². The number of fused-ring (bicyclic) bond motifs is 3. The van der Waals surface area contributed by atoms with E-state index >= 15 is 4.39 Å². The second kappa shape index (κ2) is 12.6. The summed E-state index contributed by atoms with van der Waals surface area (Å²) in [5.41, 5.74) is 6.50. The first-order valence-corrected chi connectivity index (χ1v) is 19.6. The molecule has 0 radical (unpaired) electrons. The lowest BCUT2D eigenvalue weighted by Crippen LogP contribution is -2.63. The lowest BCUT2D eigenvalue weighted by molar-refractivity contribution is 0.0193. The molecule has 2 aliphatic rings. The third-order valence-electron chi connectivity index (χ3n) is 10.3. The number of anilines is 1. The zero-order valence-corrected chi connectivity index (χ0v) is 31.1. The molecule has 0 spiro atoms. The van der Waals surface area contributed by atoms with Crippen molar-refractivity contribution in [1.29, 1.82) is 0 Å². The van der Waals surface area contributed by atoms with Crippen LogP contribution in [-0.4, -0.2) is 64.8 Å². The third kappa shape index (κ3) is 5.81. The summed E-state index contributed by atoms with van der Waals surface area (Å²) in [5.74, 6) is 3.68. The molecule has 2 aliphatic heterocycles. The third-order valence-corrected chi connectivity index (χ3v) is 16.8. The highest BCUT2D eigenvalue weighted by Crippen LogP contribution is 2.43. The van der Waals surface area contributed by atoms with Crippen molar-refractivity contribution in [3.63, 3.8) is 0 Å². The molecule has 0 unspecified atom stereocenters. The number of halogens is 2. The molecule has 0 N–H and O–H groups in total. The molecule has 252 valence electrons. The Balaban J connectivity index is 1.41. The normalized spacial score (nSPS) is 18.0. The van der Waals surface area contributed by atoms with Gasteiger partial charge in [-0.05, 0) is 67.4 Å². The monoisotopic (exact) mass is 685 g/mol. The average Bonchev–Trinajstić information content (AvgIpc) is 3.32. The van der Waals surface area contributed by atoms with Crippen LogP contribution in [-0.2, 0) is 4.74 Å². The zero-order chi connectivity index (χ0) is 34.7. The number of aromatic nitrogens is 3. The fraction of sp³-hybridized carbons (Fsp3) is 0.474. The van der Waals surface area contributed by atoms with Gasteiger partial charge in [-0.2, -0.15) is 0 Å². The highest BCUT2D eigenvalue weighted by molar-refractivity contribution is 6.90. The molecule has 1 amide bonds. The largest absolute Gasteiger partial charge is 0.444 e. The van der Waals surface area contributed by atoms with Gasteiger partial charge in [-0.15, -0.1) is 5.54 Å². The van der Waals surface area contributed by atoms with Crippen LogP contribution in [0.5, 0.6) is 0 Å². The number of benzene rings is 2. The molecule has 0 saturated carbocycles. The van der Waals surface area contributed by atoms with Crippen LogP contribution in [0.25, 0.3) is 32.9 Å². The topological polar surface area (TPSA) is 71.5 Å². The molecule has 4 aromatic rings. The van der Waals surface area contributed by atoms with Crippen molar-refractivity contribution in [2.75, 3.05) is 18.0 Å². The number of hydrogen-bond acceptors (Lipinski definition) is 6. The summed E-state index contributed by atoms with van der Waals surface area (Å²) in [6, 6.07) is 9.72. The number of likely N-dealkylation sites (tertiary alicyclic amines) is 1. The number of pyridine rings is 1. The van der Waals surface area contributed by atoms with Crippen LogP contribution in [0.15, 0.2) is 42.9 Å². The summed E-state index contributed by atoms with van der Waals surface area (Å²) in [5, 5.41) is 2.72. The predicted octanol–water partition coefficient (Wildman–Crippen LogP) is 9.40. The minimum absolute atomic E-state index is 0.0168. The van der Waals surface area contributed by atoms with Crippen molar-refractivity contribution in [1.82, 2.24) is 19.9 Å². The van der Waals surface area contributed by atoms with E-state index in [4.69, 9.17) is 21.3 Å². The Bertz CT molecular complexity index is 1940. The van der Waals surface area contributed by atoms with Crippen molar-refractivity contribution >= 4 is 53.3 Å². The Morgan fingerprint density at radius 1 is 1.04 bits per heavy atom. The van der Waals surface area contributed by atoms with E-state index in [2.05, 4.69) is 67.9 Å². The zero-order valence-electron chi connectivity index (χ0n) is 29.4. The summed E-state index contributed by atoms with van der Waals surface area (Å²) in [4.78, 5) is 30.4. The first-order valence-electron chi connectivity index (χ1n) is 16.9. The van der Waals surface area contributed by atoms with Crippen LogP contribution >= 0.6 is 11.6 Å². The molecular formula is C38H45ClFN5O2Si. The number of rotatable bonds is 5. The van der Waals surface area contributed by atoms with Gasteiger partial charge in [-0.3, -0.25) is 4.98 Å². The quantitative estimate of drug-likeness (QED) is 0.154. The second-order valence-corrected chi connectivity index (χ2v) is 21.2. The van der Waals surface area contributed by atoms with Gasteiger partial charge in [0.2, 0.25) is 0 Å². The molecule has 2 saturated heterocycles. The number of carbonyl (C=O) groups is 1. The van der Waals surface area contributed by atoms with Crippen LogP contribution in [0.1, 0.15) is 74.3 Å². The van der Waals surface area contributed by atoms with Crippen molar-refractivity contribution in [3.8, 4) is 22.7 Å². The van der Waals surface area contributed by atoms with Crippen LogP contribution in [0, 0.1) is 17.3 Å². The van der Waals surface area contributed by atoms with Gasteiger partial charge in [0.05, 0.1) is 17.5 Å². The fourth-order valence-corrected chi connectivity index (χ4v) is 13.5. The molecule has 6 rings (SSSR count). The highest BCUT2D eigenvalue weighted by atomic mass is 35.5. The molecule has 48 heavy (non-hydrogen) atoms. The molecule has 4 heterocycles. The molecular weight excluding hydrogens is 641 g/mol. The molecule has 2 aromatic carbocycles. The van der Waals surface area contributed by atoms with E-state index in [-0.39, 0.29) is 29.4 Å². The number of hydrogen-bond donors (Lipinski definition) is 0. The average molecular weight is 686 g/mol. The maximum absolute atomic E-state index is 16.7. The molecule has 7 nitrogen and oxygen atoms in total. The van der Waals surface area contributed by atoms with Crippen LogP contribution in [0.4, 0.5) is 15.0 Å². The van der Waals surface area contributed by atoms with Gasteiger partial charge in [0.25, 0.3) is 0 Å². The van der Waals surface area contributed by atoms with Gasteiger partial charge >= 0.3 is 6.09 Å². The van der Waals surface area contributed by atoms with E-state index in [1.165, 1.54) is 6.33 Å². The van der Waals surface area contributed by atoms with Gasteiger partial charge in [-0.1, -0.05) is 71.2 Å². The summed E-state index contributed by atoms with van der Waals surface area (Å²) < 4.78 is 22.3. The number of ether oxygens (including phenoxy) is 1. The Morgan fingerprint density at radius 3 is 2.42 bits per heavy atom. The standard InChI is InChI=1S/C38H45ClFN5O2Si/c1-22(2)48(23(3)4,24(5)6)16-14-25-11-10-12-26-17-27(39)18-28(32(25)26)34-33(40)35-29(19-41-34)36(43-21-42-35)45-20-31-30(45)13-15-44(31)37(46)47-38(7,8)9/h10-12,17-19,21-24,30-31H,13,15,20H2,1-9H3/t30-,31-/m1/s1. The lowest BCUT2D eigenvalue weighted by Gasteiger charge is -2.47. The molecule has 2 aromatic heterocycles. The molecule has 0 bridgehead atoms. The summed E-state index contributed by atoms with van der Waals surface area (Å²) in [6.07, 6.45) is 3.53. The van der Waals surface area contributed by atoms with Crippen molar-refractivity contribution < 1.29 is 13.9 Å². The van der Waals surface area contributed by atoms with Crippen molar-refractivity contribution in [2.45, 2.75) is 103 Å². The van der Waals surface area contributed by atoms with Crippen LogP contribution in [0.2, 0.25) is 21.6 Å². The number of carbonyl (C=O) groups excluding carboxylic acids is 1. The van der Waals surface area contributed by atoms with Gasteiger partial charge in [0.1, 0.15) is 37.0 Å². The Labute approximate surface area is 289 Å². The molecule has 2 atom stereocenters. The highest BCUT2D eigenvalue weighted by Gasteiger charge is 2.50. The van der Waals surface area contributed by atoms with E-state index in [0.717, 1.165) is 22.8 Å². The second-order valence-electron chi connectivity index (χ2n) is 15.1. The lowest BCUT2D eigenvalue weighted by atomic mass is 9.95. The van der Waals surface area contributed by atoms with Gasteiger partial charge < -0.3 is 14.5 Å². The van der Waals surface area contributed by atoms with Gasteiger partial charge in [0, 0.05) is 40.8 Å². The fourth-order valence-electron chi connectivity index (χ4n) is 8.10. The maximum atomic E-state index is 16.7. The summed E-state index contributed by atoms with van der Waals surface area (Å²) >= 11 is 6.64. The number of nitrogens with zero attached hydrogens (tertiary/aromatic N) is 5.